The first kappa shape index (κ1) is 20.8. The molecule has 3 aliphatic heterocycles. The number of carbonyl (C=O) groups excluding carboxylic acids is 1. The summed E-state index contributed by atoms with van der Waals surface area (Å²) in [4.78, 5) is 15.5. The molecule has 4 nitrogen and oxygen atoms in total. The Morgan fingerprint density at radius 3 is 2.59 bits per heavy atom. The predicted octanol–water partition coefficient (Wildman–Crippen LogP) is 6.51. The van der Waals surface area contributed by atoms with Crippen LogP contribution in [0.4, 0.5) is 0 Å². The molecular formula is C30H27NO3. The number of rotatable bonds is 4. The molecule has 170 valence electrons. The Kier molecular flexibility index (Phi) is 5.42. The van der Waals surface area contributed by atoms with Crippen LogP contribution in [0.3, 0.4) is 0 Å². The van der Waals surface area contributed by atoms with Gasteiger partial charge in [0, 0.05) is 6.04 Å². The number of carbonyl (C=O) groups is 1. The summed E-state index contributed by atoms with van der Waals surface area (Å²) in [5, 5.41) is 0. The number of allylic oxidation sites excluding steroid dienone is 4. The molecule has 0 N–H and O–H groups in total. The maximum absolute atomic E-state index is 13.5. The molecule has 3 heterocycles. The summed E-state index contributed by atoms with van der Waals surface area (Å²) >= 11 is 0. The van der Waals surface area contributed by atoms with Crippen LogP contribution < -0.4 is 0 Å². The fourth-order valence-electron chi connectivity index (χ4n) is 5.38. The third-order valence-electron chi connectivity index (χ3n) is 7.08. The monoisotopic (exact) mass is 449 g/mol. The van der Waals surface area contributed by atoms with Crippen LogP contribution in [0, 0.1) is 0 Å². The van der Waals surface area contributed by atoms with Crippen molar-refractivity contribution in [3.05, 3.63) is 114 Å². The van der Waals surface area contributed by atoms with Gasteiger partial charge in [0.1, 0.15) is 12.5 Å². The molecule has 4 heteroatoms. The fraction of sp³-hybridized carbons (Fsp3) is 0.233. The number of amides is 1. The first-order valence-electron chi connectivity index (χ1n) is 12.1. The van der Waals surface area contributed by atoms with Gasteiger partial charge in [0.2, 0.25) is 5.76 Å². The van der Waals surface area contributed by atoms with E-state index in [1.54, 1.807) is 6.26 Å². The molecule has 1 aliphatic carbocycles. The van der Waals surface area contributed by atoms with Crippen molar-refractivity contribution in [1.29, 1.82) is 0 Å². The van der Waals surface area contributed by atoms with Crippen LogP contribution in [0.5, 0.6) is 0 Å². The van der Waals surface area contributed by atoms with E-state index in [1.165, 1.54) is 28.5 Å². The molecular weight excluding hydrogens is 422 g/mol. The van der Waals surface area contributed by atoms with E-state index in [-0.39, 0.29) is 23.8 Å². The minimum absolute atomic E-state index is 0.0808. The standard InChI is InChI=1S/C30H27NO3/c32-30(29-20-33-19-28(34-29)22-10-5-2-6-11-22)31-26-14-15-27(31)18-25(17-26)24-13-7-12-23(16-24)21-8-3-1-4-9-21/h1-5,7-10,12-13,16-17,19-20,26-27H,6,11,14-15,18H2. The quantitative estimate of drug-likeness (QED) is 0.534. The van der Waals surface area contributed by atoms with E-state index in [0.29, 0.717) is 5.76 Å². The Balaban J connectivity index is 1.21. The highest BCUT2D eigenvalue weighted by Gasteiger charge is 2.42. The highest BCUT2D eigenvalue weighted by Crippen LogP contribution is 2.40. The Morgan fingerprint density at radius 1 is 0.912 bits per heavy atom. The maximum Gasteiger partial charge on any atom is 0.293 e. The van der Waals surface area contributed by atoms with Gasteiger partial charge >= 0.3 is 0 Å². The molecule has 2 aromatic carbocycles. The normalized spacial score (nSPS) is 23.2. The van der Waals surface area contributed by atoms with E-state index in [2.05, 4.69) is 60.7 Å². The van der Waals surface area contributed by atoms with Crippen LogP contribution in [0.1, 0.15) is 37.7 Å². The molecule has 0 aromatic heterocycles. The van der Waals surface area contributed by atoms with Gasteiger partial charge < -0.3 is 14.4 Å². The summed E-state index contributed by atoms with van der Waals surface area (Å²) < 4.78 is 11.5. The summed E-state index contributed by atoms with van der Waals surface area (Å²) in [7, 11) is 0. The average molecular weight is 450 g/mol. The molecule has 0 radical (unpaired) electrons. The molecule has 0 spiro atoms. The van der Waals surface area contributed by atoms with Crippen molar-refractivity contribution in [2.45, 2.75) is 44.2 Å². The smallest absolute Gasteiger partial charge is 0.293 e. The third kappa shape index (κ3) is 3.90. The fourth-order valence-corrected chi connectivity index (χ4v) is 5.38. The first-order chi connectivity index (χ1) is 16.8. The van der Waals surface area contributed by atoms with Crippen LogP contribution in [0.15, 0.2) is 109 Å². The van der Waals surface area contributed by atoms with E-state index >= 15 is 0 Å². The maximum atomic E-state index is 13.5. The summed E-state index contributed by atoms with van der Waals surface area (Å²) in [6.45, 7) is 0. The predicted molar refractivity (Wildman–Crippen MR) is 133 cm³/mol. The van der Waals surface area contributed by atoms with Crippen LogP contribution in [0.25, 0.3) is 16.7 Å². The molecule has 2 unspecified atom stereocenters. The van der Waals surface area contributed by atoms with Crippen molar-refractivity contribution >= 4 is 11.5 Å². The number of fused-ring (bicyclic) bond motifs is 2. The van der Waals surface area contributed by atoms with Gasteiger partial charge in [-0.25, -0.2) is 0 Å². The van der Waals surface area contributed by atoms with Gasteiger partial charge in [0.05, 0.1) is 6.04 Å². The lowest BCUT2D eigenvalue weighted by molar-refractivity contribution is -0.132. The van der Waals surface area contributed by atoms with Gasteiger partial charge in [-0.1, -0.05) is 72.8 Å². The highest BCUT2D eigenvalue weighted by molar-refractivity contribution is 5.93. The average Bonchev–Trinajstić information content (AvgIpc) is 3.18. The molecule has 1 amide bonds. The zero-order valence-electron chi connectivity index (χ0n) is 19.0. The van der Waals surface area contributed by atoms with Gasteiger partial charge in [-0.2, -0.15) is 0 Å². The summed E-state index contributed by atoms with van der Waals surface area (Å²) in [6, 6.07) is 19.4. The number of hydrogen-bond donors (Lipinski definition) is 0. The van der Waals surface area contributed by atoms with Gasteiger partial charge in [-0.3, -0.25) is 4.79 Å². The Hall–Kier alpha value is -3.79. The third-order valence-corrected chi connectivity index (χ3v) is 7.08. The summed E-state index contributed by atoms with van der Waals surface area (Å²) in [5.41, 5.74) is 6.06. The Labute approximate surface area is 200 Å². The van der Waals surface area contributed by atoms with Crippen LogP contribution in [0.2, 0.25) is 0 Å². The van der Waals surface area contributed by atoms with Gasteiger partial charge in [-0.05, 0) is 66.0 Å². The first-order valence-corrected chi connectivity index (χ1v) is 12.1. The Bertz CT molecular complexity index is 1260. The molecule has 4 aliphatic rings. The van der Waals surface area contributed by atoms with Crippen molar-refractivity contribution in [3.8, 4) is 11.1 Å². The minimum Gasteiger partial charge on any atom is -0.465 e. The SMILES string of the molecule is O=C(C1=COC=C(C2=CC=CCC2)O1)N1C2C=C(c3cccc(-c4ccccc4)c3)CC1CC2. The van der Waals surface area contributed by atoms with Crippen molar-refractivity contribution < 1.29 is 14.3 Å². The van der Waals surface area contributed by atoms with Gasteiger partial charge in [-0.15, -0.1) is 0 Å². The van der Waals surface area contributed by atoms with Gasteiger partial charge in [0.15, 0.2) is 5.76 Å². The second-order valence-electron chi connectivity index (χ2n) is 9.21. The molecule has 1 fully saturated rings. The van der Waals surface area contributed by atoms with Crippen molar-refractivity contribution in [2.24, 2.45) is 0 Å². The zero-order chi connectivity index (χ0) is 22.9. The minimum atomic E-state index is -0.0848. The number of nitrogens with zero attached hydrogens (tertiary/aromatic N) is 1. The number of hydrogen-bond acceptors (Lipinski definition) is 3. The molecule has 34 heavy (non-hydrogen) atoms. The van der Waals surface area contributed by atoms with Crippen LogP contribution in [-0.2, 0) is 14.3 Å². The van der Waals surface area contributed by atoms with E-state index in [4.69, 9.17) is 9.47 Å². The summed E-state index contributed by atoms with van der Waals surface area (Å²) in [6.07, 6.45) is 16.2. The zero-order valence-corrected chi connectivity index (χ0v) is 19.0. The molecule has 2 atom stereocenters. The van der Waals surface area contributed by atoms with Crippen LogP contribution in [-0.4, -0.2) is 22.9 Å². The molecule has 2 aromatic rings. The van der Waals surface area contributed by atoms with Gasteiger partial charge in [0.25, 0.3) is 5.91 Å². The van der Waals surface area contributed by atoms with Crippen molar-refractivity contribution in [2.75, 3.05) is 0 Å². The lowest BCUT2D eigenvalue weighted by Crippen LogP contribution is -2.44. The largest absolute Gasteiger partial charge is 0.465 e. The van der Waals surface area contributed by atoms with E-state index in [1.807, 2.05) is 23.1 Å². The second-order valence-corrected chi connectivity index (χ2v) is 9.21. The topological polar surface area (TPSA) is 38.8 Å². The number of benzene rings is 2. The Morgan fingerprint density at radius 2 is 1.76 bits per heavy atom. The van der Waals surface area contributed by atoms with Crippen molar-refractivity contribution in [3.63, 3.8) is 0 Å². The second kappa shape index (κ2) is 8.86. The lowest BCUT2D eigenvalue weighted by Gasteiger charge is -2.35. The van der Waals surface area contributed by atoms with E-state index in [0.717, 1.165) is 37.7 Å². The molecule has 2 bridgehead atoms. The molecule has 1 saturated heterocycles. The van der Waals surface area contributed by atoms with E-state index < -0.39 is 0 Å². The molecule has 0 saturated carbocycles. The highest BCUT2D eigenvalue weighted by atomic mass is 16.5. The van der Waals surface area contributed by atoms with Crippen molar-refractivity contribution in [1.82, 2.24) is 4.90 Å². The molecule has 6 rings (SSSR count). The number of ether oxygens (including phenoxy) is 2. The van der Waals surface area contributed by atoms with E-state index in [9.17, 15) is 4.79 Å². The summed E-state index contributed by atoms with van der Waals surface area (Å²) in [5.74, 6) is 0.819. The lowest BCUT2D eigenvalue weighted by atomic mass is 9.92. The van der Waals surface area contributed by atoms with Crippen LogP contribution >= 0.6 is 0 Å².